The van der Waals surface area contributed by atoms with Crippen LogP contribution in [0.1, 0.15) is 39.5 Å². The lowest BCUT2D eigenvalue weighted by atomic mass is 9.94. The molecule has 0 aromatic rings. The molecule has 3 heteroatoms. The van der Waals surface area contributed by atoms with Crippen LogP contribution in [0.5, 0.6) is 0 Å². The monoisotopic (exact) mass is 223 g/mol. The number of ether oxygens (including phenoxy) is 1. The highest BCUT2D eigenvalue weighted by Gasteiger charge is 2.38. The second kappa shape index (κ2) is 4.58. The summed E-state index contributed by atoms with van der Waals surface area (Å²) in [5, 5.41) is 0. The SMILES string of the molecule is CC(C)(C(=O)C1=CCCCO1)N1CCCC1. The molecule has 0 aromatic heterocycles. The molecule has 0 spiro atoms. The predicted octanol–water partition coefficient (Wildman–Crippen LogP) is 2.12. The summed E-state index contributed by atoms with van der Waals surface area (Å²) in [7, 11) is 0. The smallest absolute Gasteiger partial charge is 0.216 e. The van der Waals surface area contributed by atoms with Crippen molar-refractivity contribution in [1.29, 1.82) is 0 Å². The Morgan fingerprint density at radius 2 is 2.00 bits per heavy atom. The fourth-order valence-corrected chi connectivity index (χ4v) is 2.44. The van der Waals surface area contributed by atoms with E-state index in [0.29, 0.717) is 12.4 Å². The standard InChI is InChI=1S/C13H21NO2/c1-13(2,14-8-4-5-9-14)12(15)11-7-3-6-10-16-11/h7H,3-6,8-10H2,1-2H3. The third kappa shape index (κ3) is 2.14. The van der Waals surface area contributed by atoms with E-state index < -0.39 is 5.54 Å². The molecule has 0 aliphatic carbocycles. The molecule has 0 saturated carbocycles. The molecule has 2 aliphatic rings. The molecule has 1 saturated heterocycles. The third-order valence-electron chi connectivity index (χ3n) is 3.61. The molecule has 3 nitrogen and oxygen atoms in total. The summed E-state index contributed by atoms with van der Waals surface area (Å²) >= 11 is 0. The Kier molecular flexibility index (Phi) is 3.33. The van der Waals surface area contributed by atoms with Crippen molar-refractivity contribution >= 4 is 5.78 Å². The van der Waals surface area contributed by atoms with Crippen LogP contribution in [-0.2, 0) is 9.53 Å². The van der Waals surface area contributed by atoms with Crippen molar-refractivity contribution in [1.82, 2.24) is 4.90 Å². The van der Waals surface area contributed by atoms with E-state index in [2.05, 4.69) is 4.90 Å². The van der Waals surface area contributed by atoms with Crippen LogP contribution in [0.15, 0.2) is 11.8 Å². The second-order valence-electron chi connectivity index (χ2n) is 5.14. The Morgan fingerprint density at radius 1 is 1.31 bits per heavy atom. The molecule has 90 valence electrons. The molecule has 0 bridgehead atoms. The molecule has 2 aliphatic heterocycles. The van der Waals surface area contributed by atoms with Crippen LogP contribution < -0.4 is 0 Å². The average Bonchev–Trinajstić information content (AvgIpc) is 2.83. The summed E-state index contributed by atoms with van der Waals surface area (Å²) in [5.74, 6) is 0.734. The Labute approximate surface area is 97.5 Å². The first kappa shape index (κ1) is 11.6. The van der Waals surface area contributed by atoms with Crippen LogP contribution in [0, 0.1) is 0 Å². The highest BCUT2D eigenvalue weighted by Crippen LogP contribution is 2.26. The van der Waals surface area contributed by atoms with Crippen molar-refractivity contribution in [2.24, 2.45) is 0 Å². The van der Waals surface area contributed by atoms with Crippen LogP contribution >= 0.6 is 0 Å². The molecule has 0 unspecified atom stereocenters. The van der Waals surface area contributed by atoms with Crippen molar-refractivity contribution in [2.45, 2.75) is 45.1 Å². The first-order valence-electron chi connectivity index (χ1n) is 6.25. The van der Waals surface area contributed by atoms with Gasteiger partial charge in [0.1, 0.15) is 0 Å². The number of nitrogens with zero attached hydrogens (tertiary/aromatic N) is 1. The topological polar surface area (TPSA) is 29.5 Å². The van der Waals surface area contributed by atoms with Gasteiger partial charge in [0.2, 0.25) is 5.78 Å². The summed E-state index contributed by atoms with van der Waals surface area (Å²) in [6.07, 6.45) is 6.36. The van der Waals surface area contributed by atoms with Gasteiger partial charge >= 0.3 is 0 Å². The van der Waals surface area contributed by atoms with Crippen molar-refractivity contribution in [2.75, 3.05) is 19.7 Å². The van der Waals surface area contributed by atoms with Gasteiger partial charge < -0.3 is 4.74 Å². The Bertz CT molecular complexity index is 301. The van der Waals surface area contributed by atoms with Gasteiger partial charge in [-0.1, -0.05) is 0 Å². The van der Waals surface area contributed by atoms with E-state index in [1.807, 2.05) is 19.9 Å². The minimum absolute atomic E-state index is 0.147. The highest BCUT2D eigenvalue weighted by molar-refractivity contribution is 6.00. The van der Waals surface area contributed by atoms with Crippen LogP contribution in [0.3, 0.4) is 0 Å². The number of carbonyl (C=O) groups is 1. The lowest BCUT2D eigenvalue weighted by Crippen LogP contribution is -2.49. The van der Waals surface area contributed by atoms with Crippen molar-refractivity contribution in [3.63, 3.8) is 0 Å². The minimum atomic E-state index is -0.403. The quantitative estimate of drug-likeness (QED) is 0.734. The zero-order valence-corrected chi connectivity index (χ0v) is 10.3. The maximum atomic E-state index is 12.4. The van der Waals surface area contributed by atoms with Gasteiger partial charge in [-0.2, -0.15) is 0 Å². The van der Waals surface area contributed by atoms with E-state index in [1.165, 1.54) is 12.8 Å². The highest BCUT2D eigenvalue weighted by atomic mass is 16.5. The van der Waals surface area contributed by atoms with E-state index >= 15 is 0 Å². The molecule has 0 amide bonds. The number of carbonyl (C=O) groups excluding carboxylic acids is 1. The van der Waals surface area contributed by atoms with E-state index in [4.69, 9.17) is 4.74 Å². The number of rotatable bonds is 3. The van der Waals surface area contributed by atoms with Crippen LogP contribution in [0.25, 0.3) is 0 Å². The van der Waals surface area contributed by atoms with Gasteiger partial charge in [0.15, 0.2) is 5.76 Å². The number of hydrogen-bond acceptors (Lipinski definition) is 3. The maximum absolute atomic E-state index is 12.4. The number of hydrogen-bond donors (Lipinski definition) is 0. The van der Waals surface area contributed by atoms with Gasteiger partial charge in [0.25, 0.3) is 0 Å². The molecule has 0 atom stereocenters. The molecular formula is C13H21NO2. The number of allylic oxidation sites excluding steroid dienone is 1. The predicted molar refractivity (Wildman–Crippen MR) is 63.2 cm³/mol. The van der Waals surface area contributed by atoms with Gasteiger partial charge in [-0.3, -0.25) is 9.69 Å². The lowest BCUT2D eigenvalue weighted by Gasteiger charge is -2.34. The van der Waals surface area contributed by atoms with Gasteiger partial charge in [-0.05, 0) is 58.7 Å². The largest absolute Gasteiger partial charge is 0.490 e. The van der Waals surface area contributed by atoms with Crippen LogP contribution in [-0.4, -0.2) is 35.9 Å². The molecule has 0 aromatic carbocycles. The zero-order valence-electron chi connectivity index (χ0n) is 10.3. The number of ketones is 1. The Hall–Kier alpha value is -0.830. The Balaban J connectivity index is 2.09. The van der Waals surface area contributed by atoms with Crippen molar-refractivity contribution in [3.05, 3.63) is 11.8 Å². The second-order valence-corrected chi connectivity index (χ2v) is 5.14. The summed E-state index contributed by atoms with van der Waals surface area (Å²) in [4.78, 5) is 14.6. The molecule has 16 heavy (non-hydrogen) atoms. The van der Waals surface area contributed by atoms with Crippen LogP contribution in [0.2, 0.25) is 0 Å². The van der Waals surface area contributed by atoms with E-state index in [0.717, 1.165) is 25.9 Å². The van der Waals surface area contributed by atoms with Gasteiger partial charge in [-0.25, -0.2) is 0 Å². The van der Waals surface area contributed by atoms with Crippen molar-refractivity contribution < 1.29 is 9.53 Å². The lowest BCUT2D eigenvalue weighted by molar-refractivity contribution is -0.128. The molecule has 1 fully saturated rings. The number of Topliss-reactive ketones (excluding diaryl/α,β-unsaturated/α-hetero) is 1. The van der Waals surface area contributed by atoms with Crippen molar-refractivity contribution in [3.8, 4) is 0 Å². The maximum Gasteiger partial charge on any atom is 0.216 e. The van der Waals surface area contributed by atoms with Crippen LogP contribution in [0.4, 0.5) is 0 Å². The summed E-state index contributed by atoms with van der Waals surface area (Å²) in [6, 6.07) is 0. The van der Waals surface area contributed by atoms with Gasteiger partial charge in [-0.15, -0.1) is 0 Å². The zero-order chi connectivity index (χ0) is 11.6. The summed E-state index contributed by atoms with van der Waals surface area (Å²) in [5.41, 5.74) is -0.403. The average molecular weight is 223 g/mol. The molecular weight excluding hydrogens is 202 g/mol. The summed E-state index contributed by atoms with van der Waals surface area (Å²) < 4.78 is 5.47. The van der Waals surface area contributed by atoms with Gasteiger partial charge in [0.05, 0.1) is 12.1 Å². The fourth-order valence-electron chi connectivity index (χ4n) is 2.44. The fraction of sp³-hybridized carbons (Fsp3) is 0.769. The first-order chi connectivity index (χ1) is 7.62. The molecule has 0 N–H and O–H groups in total. The van der Waals surface area contributed by atoms with E-state index in [1.54, 1.807) is 0 Å². The normalized spacial score (nSPS) is 22.8. The van der Waals surface area contributed by atoms with E-state index in [-0.39, 0.29) is 5.78 Å². The Morgan fingerprint density at radius 3 is 2.56 bits per heavy atom. The molecule has 0 radical (unpaired) electrons. The number of likely N-dealkylation sites (tertiary alicyclic amines) is 1. The molecule has 2 heterocycles. The third-order valence-corrected chi connectivity index (χ3v) is 3.61. The summed E-state index contributed by atoms with van der Waals surface area (Å²) in [6.45, 7) is 6.78. The molecule has 2 rings (SSSR count). The van der Waals surface area contributed by atoms with E-state index in [9.17, 15) is 4.79 Å². The van der Waals surface area contributed by atoms with Gasteiger partial charge in [0, 0.05) is 0 Å². The minimum Gasteiger partial charge on any atom is -0.490 e. The first-order valence-corrected chi connectivity index (χ1v) is 6.25.